The molecule has 0 atom stereocenters. The van der Waals surface area contributed by atoms with E-state index in [1.165, 1.54) is 12.1 Å². The van der Waals surface area contributed by atoms with Gasteiger partial charge in [-0.2, -0.15) is 0 Å². The van der Waals surface area contributed by atoms with Crippen molar-refractivity contribution in [2.24, 2.45) is 0 Å². The highest BCUT2D eigenvalue weighted by atomic mass is 19.1. The van der Waals surface area contributed by atoms with Crippen LogP contribution < -0.4 is 5.32 Å². The Morgan fingerprint density at radius 2 is 1.94 bits per heavy atom. The first-order valence-electron chi connectivity index (χ1n) is 5.51. The minimum absolute atomic E-state index is 0.248. The Labute approximate surface area is 99.7 Å². The molecule has 4 heteroatoms. The smallest absolute Gasteiger partial charge is 0.129 e. The largest absolute Gasteiger partial charge is 0.319 e. The SMILES string of the molecule is CNCCc1ncc(-c2cccc(F)c2)cn1. The molecule has 0 saturated heterocycles. The number of halogens is 1. The second-order valence-electron chi connectivity index (χ2n) is 3.75. The summed E-state index contributed by atoms with van der Waals surface area (Å²) in [4.78, 5) is 8.50. The van der Waals surface area contributed by atoms with Crippen molar-refractivity contribution in [3.8, 4) is 11.1 Å². The molecule has 0 unspecified atom stereocenters. The van der Waals surface area contributed by atoms with Gasteiger partial charge in [-0.1, -0.05) is 12.1 Å². The molecule has 0 spiro atoms. The van der Waals surface area contributed by atoms with Crippen molar-refractivity contribution >= 4 is 0 Å². The Morgan fingerprint density at radius 1 is 1.18 bits per heavy atom. The van der Waals surface area contributed by atoms with E-state index in [0.29, 0.717) is 0 Å². The lowest BCUT2D eigenvalue weighted by atomic mass is 10.1. The highest BCUT2D eigenvalue weighted by molar-refractivity contribution is 5.61. The van der Waals surface area contributed by atoms with E-state index in [0.717, 1.165) is 29.9 Å². The van der Waals surface area contributed by atoms with E-state index in [1.54, 1.807) is 18.5 Å². The summed E-state index contributed by atoms with van der Waals surface area (Å²) >= 11 is 0. The molecule has 0 radical (unpaired) electrons. The van der Waals surface area contributed by atoms with Gasteiger partial charge in [0.2, 0.25) is 0 Å². The minimum atomic E-state index is -0.248. The van der Waals surface area contributed by atoms with Crippen molar-refractivity contribution < 1.29 is 4.39 Å². The molecule has 2 aromatic rings. The highest BCUT2D eigenvalue weighted by Gasteiger charge is 2.01. The van der Waals surface area contributed by atoms with E-state index in [2.05, 4.69) is 15.3 Å². The number of rotatable bonds is 4. The van der Waals surface area contributed by atoms with E-state index in [-0.39, 0.29) is 5.82 Å². The normalized spacial score (nSPS) is 10.5. The lowest BCUT2D eigenvalue weighted by molar-refractivity contribution is 0.628. The summed E-state index contributed by atoms with van der Waals surface area (Å²) in [5, 5.41) is 3.04. The van der Waals surface area contributed by atoms with Crippen LogP contribution in [0.4, 0.5) is 4.39 Å². The fourth-order valence-electron chi connectivity index (χ4n) is 1.54. The van der Waals surface area contributed by atoms with Crippen LogP contribution >= 0.6 is 0 Å². The maximum atomic E-state index is 13.0. The average Bonchev–Trinajstić information content (AvgIpc) is 2.37. The van der Waals surface area contributed by atoms with Gasteiger partial charge in [0.25, 0.3) is 0 Å². The van der Waals surface area contributed by atoms with Crippen LogP contribution in [-0.4, -0.2) is 23.6 Å². The minimum Gasteiger partial charge on any atom is -0.319 e. The van der Waals surface area contributed by atoms with Gasteiger partial charge in [-0.15, -0.1) is 0 Å². The first-order chi connectivity index (χ1) is 8.29. The van der Waals surface area contributed by atoms with Gasteiger partial charge >= 0.3 is 0 Å². The molecule has 1 N–H and O–H groups in total. The van der Waals surface area contributed by atoms with Crippen molar-refractivity contribution in [3.63, 3.8) is 0 Å². The summed E-state index contributed by atoms with van der Waals surface area (Å²) in [5.41, 5.74) is 1.63. The van der Waals surface area contributed by atoms with E-state index < -0.39 is 0 Å². The third kappa shape index (κ3) is 3.07. The number of nitrogens with one attached hydrogen (secondary N) is 1. The molecule has 0 amide bonds. The van der Waals surface area contributed by atoms with Gasteiger partial charge in [-0.05, 0) is 24.7 Å². The van der Waals surface area contributed by atoms with Gasteiger partial charge < -0.3 is 5.32 Å². The van der Waals surface area contributed by atoms with Crippen LogP contribution in [0.2, 0.25) is 0 Å². The predicted octanol–water partition coefficient (Wildman–Crippen LogP) is 2.04. The molecule has 88 valence electrons. The van der Waals surface area contributed by atoms with E-state index in [1.807, 2.05) is 13.1 Å². The van der Waals surface area contributed by atoms with Crippen LogP contribution in [-0.2, 0) is 6.42 Å². The molecule has 17 heavy (non-hydrogen) atoms. The Morgan fingerprint density at radius 3 is 2.59 bits per heavy atom. The summed E-state index contributed by atoms with van der Waals surface area (Å²) < 4.78 is 13.0. The van der Waals surface area contributed by atoms with Crippen LogP contribution in [0.1, 0.15) is 5.82 Å². The summed E-state index contributed by atoms with van der Waals surface area (Å²) in [6.45, 7) is 0.847. The van der Waals surface area contributed by atoms with Crippen LogP contribution in [0.5, 0.6) is 0 Å². The van der Waals surface area contributed by atoms with Gasteiger partial charge in [0.15, 0.2) is 0 Å². The van der Waals surface area contributed by atoms with Gasteiger partial charge in [0.05, 0.1) is 0 Å². The van der Waals surface area contributed by atoms with Crippen molar-refractivity contribution in [2.75, 3.05) is 13.6 Å². The number of hydrogen-bond acceptors (Lipinski definition) is 3. The van der Waals surface area contributed by atoms with Crippen molar-refractivity contribution in [1.82, 2.24) is 15.3 Å². The fraction of sp³-hybridized carbons (Fsp3) is 0.231. The Bertz CT molecular complexity index is 482. The van der Waals surface area contributed by atoms with E-state index in [4.69, 9.17) is 0 Å². The number of likely N-dealkylation sites (N-methyl/N-ethyl adjacent to an activating group) is 1. The molecule has 0 aliphatic heterocycles. The molecule has 2 rings (SSSR count). The number of hydrogen-bond donors (Lipinski definition) is 1. The molecule has 1 aromatic heterocycles. The summed E-state index contributed by atoms with van der Waals surface area (Å²) in [6, 6.07) is 6.42. The first kappa shape index (κ1) is 11.7. The Balaban J connectivity index is 2.17. The molecule has 0 fully saturated rings. The standard InChI is InChI=1S/C13H14FN3/c1-15-6-5-13-16-8-11(9-17-13)10-3-2-4-12(14)7-10/h2-4,7-9,15H,5-6H2,1H3. The van der Waals surface area contributed by atoms with Crippen molar-refractivity contribution in [3.05, 3.63) is 48.3 Å². The van der Waals surface area contributed by atoms with Gasteiger partial charge in [-0.25, -0.2) is 14.4 Å². The molecule has 1 aromatic carbocycles. The molecule has 0 aliphatic carbocycles. The van der Waals surface area contributed by atoms with Crippen LogP contribution in [0.25, 0.3) is 11.1 Å². The second kappa shape index (κ2) is 5.50. The molecule has 1 heterocycles. The predicted molar refractivity (Wildman–Crippen MR) is 65.1 cm³/mol. The highest BCUT2D eigenvalue weighted by Crippen LogP contribution is 2.18. The van der Waals surface area contributed by atoms with Crippen molar-refractivity contribution in [1.29, 1.82) is 0 Å². The fourth-order valence-corrected chi connectivity index (χ4v) is 1.54. The average molecular weight is 231 g/mol. The lowest BCUT2D eigenvalue weighted by Crippen LogP contribution is -2.12. The summed E-state index contributed by atoms with van der Waals surface area (Å²) in [5.74, 6) is 0.543. The van der Waals surface area contributed by atoms with Gasteiger partial charge in [-0.3, -0.25) is 0 Å². The lowest BCUT2D eigenvalue weighted by Gasteiger charge is -2.03. The molecular weight excluding hydrogens is 217 g/mol. The zero-order chi connectivity index (χ0) is 12.1. The third-order valence-electron chi connectivity index (χ3n) is 2.46. The van der Waals surface area contributed by atoms with Crippen LogP contribution in [0, 0.1) is 5.82 Å². The van der Waals surface area contributed by atoms with E-state index in [9.17, 15) is 4.39 Å². The molecule has 0 aliphatic rings. The second-order valence-corrected chi connectivity index (χ2v) is 3.75. The quantitative estimate of drug-likeness (QED) is 0.875. The zero-order valence-corrected chi connectivity index (χ0v) is 9.65. The summed E-state index contributed by atoms with van der Waals surface area (Å²) in [6.07, 6.45) is 4.25. The van der Waals surface area contributed by atoms with E-state index >= 15 is 0 Å². The Kier molecular flexibility index (Phi) is 3.77. The van der Waals surface area contributed by atoms with Gasteiger partial charge in [0, 0.05) is 30.9 Å². The third-order valence-corrected chi connectivity index (χ3v) is 2.46. The van der Waals surface area contributed by atoms with Gasteiger partial charge in [0.1, 0.15) is 11.6 Å². The topological polar surface area (TPSA) is 37.8 Å². The van der Waals surface area contributed by atoms with Crippen LogP contribution in [0.3, 0.4) is 0 Å². The molecular formula is C13H14FN3. The molecule has 0 bridgehead atoms. The van der Waals surface area contributed by atoms with Crippen LogP contribution in [0.15, 0.2) is 36.7 Å². The number of aromatic nitrogens is 2. The van der Waals surface area contributed by atoms with Crippen molar-refractivity contribution in [2.45, 2.75) is 6.42 Å². The zero-order valence-electron chi connectivity index (χ0n) is 9.65. The first-order valence-corrected chi connectivity index (χ1v) is 5.51. The molecule has 3 nitrogen and oxygen atoms in total. The monoisotopic (exact) mass is 231 g/mol. The maximum Gasteiger partial charge on any atom is 0.129 e. The number of benzene rings is 1. The number of nitrogens with zero attached hydrogens (tertiary/aromatic N) is 2. The summed E-state index contributed by atoms with van der Waals surface area (Å²) in [7, 11) is 1.89. The Hall–Kier alpha value is -1.81. The molecule has 0 saturated carbocycles. The maximum absolute atomic E-state index is 13.0.